The molecule has 0 bridgehead atoms. The minimum atomic E-state index is -0.0177. The molecular formula is C17H18N2O2. The summed E-state index contributed by atoms with van der Waals surface area (Å²) in [5, 5.41) is 9.68. The van der Waals surface area contributed by atoms with Crippen LogP contribution in [0.2, 0.25) is 0 Å². The van der Waals surface area contributed by atoms with Crippen LogP contribution in [0.1, 0.15) is 22.5 Å². The molecule has 0 aliphatic carbocycles. The Hall–Kier alpha value is -2.33. The molecule has 0 fully saturated rings. The molecule has 4 heteroatoms. The van der Waals surface area contributed by atoms with Crippen molar-refractivity contribution in [1.29, 1.82) is 0 Å². The maximum absolute atomic E-state index is 9.68. The molecule has 3 aromatic rings. The third kappa shape index (κ3) is 2.50. The van der Waals surface area contributed by atoms with Gasteiger partial charge in [0, 0.05) is 12.6 Å². The molecule has 0 unspecified atom stereocenters. The van der Waals surface area contributed by atoms with Gasteiger partial charge >= 0.3 is 0 Å². The van der Waals surface area contributed by atoms with E-state index in [2.05, 4.69) is 0 Å². The topological polar surface area (TPSA) is 46.8 Å². The van der Waals surface area contributed by atoms with Crippen LogP contribution in [-0.4, -0.2) is 21.6 Å². The van der Waals surface area contributed by atoms with Gasteiger partial charge in [-0.05, 0) is 36.2 Å². The summed E-state index contributed by atoms with van der Waals surface area (Å²) in [7, 11) is 1.66. The summed E-state index contributed by atoms with van der Waals surface area (Å²) in [6.45, 7) is 2.01. The Kier molecular flexibility index (Phi) is 3.62. The number of ether oxygens (including phenoxy) is 1. The molecule has 0 amide bonds. The van der Waals surface area contributed by atoms with Crippen LogP contribution in [0.25, 0.3) is 5.65 Å². The second-order valence-electron chi connectivity index (χ2n) is 5.07. The lowest BCUT2D eigenvalue weighted by Gasteiger charge is -2.04. The van der Waals surface area contributed by atoms with Crippen molar-refractivity contribution in [3.8, 4) is 5.75 Å². The van der Waals surface area contributed by atoms with Gasteiger partial charge in [0.15, 0.2) is 0 Å². The third-order valence-corrected chi connectivity index (χ3v) is 3.71. The van der Waals surface area contributed by atoms with E-state index < -0.39 is 0 Å². The maximum Gasteiger partial charge on any atom is 0.140 e. The third-order valence-electron chi connectivity index (χ3n) is 3.71. The van der Waals surface area contributed by atoms with Crippen LogP contribution in [0.5, 0.6) is 5.75 Å². The van der Waals surface area contributed by atoms with E-state index in [9.17, 15) is 5.11 Å². The number of fused-ring (bicyclic) bond motifs is 1. The molecule has 0 radical (unpaired) electrons. The normalized spacial score (nSPS) is 11.0. The van der Waals surface area contributed by atoms with E-state index in [1.165, 1.54) is 0 Å². The molecule has 2 heterocycles. The highest BCUT2D eigenvalue weighted by atomic mass is 16.5. The predicted octanol–water partition coefficient (Wildman–Crippen LogP) is 2.73. The molecule has 1 aromatic carbocycles. The summed E-state index contributed by atoms with van der Waals surface area (Å²) in [6.07, 6.45) is 2.64. The van der Waals surface area contributed by atoms with E-state index in [4.69, 9.17) is 9.72 Å². The second kappa shape index (κ2) is 5.58. The van der Waals surface area contributed by atoms with Crippen LogP contribution in [0.3, 0.4) is 0 Å². The van der Waals surface area contributed by atoms with Gasteiger partial charge in [0.2, 0.25) is 0 Å². The molecular weight excluding hydrogens is 264 g/mol. The lowest BCUT2D eigenvalue weighted by atomic mass is 10.1. The molecule has 3 rings (SSSR count). The number of methoxy groups -OCH3 is 1. The van der Waals surface area contributed by atoms with E-state index in [0.29, 0.717) is 6.42 Å². The number of pyridine rings is 1. The largest absolute Gasteiger partial charge is 0.497 e. The molecule has 4 nitrogen and oxygen atoms in total. The van der Waals surface area contributed by atoms with Crippen molar-refractivity contribution in [3.63, 3.8) is 0 Å². The highest BCUT2D eigenvalue weighted by molar-refractivity contribution is 5.51. The van der Waals surface area contributed by atoms with Gasteiger partial charge in [-0.3, -0.25) is 0 Å². The number of benzene rings is 1. The van der Waals surface area contributed by atoms with Crippen LogP contribution in [0, 0.1) is 6.92 Å². The van der Waals surface area contributed by atoms with Crippen molar-refractivity contribution in [2.24, 2.45) is 0 Å². The number of nitrogens with zero attached hydrogens (tertiary/aromatic N) is 2. The van der Waals surface area contributed by atoms with Crippen molar-refractivity contribution in [2.45, 2.75) is 20.0 Å². The van der Waals surface area contributed by atoms with Gasteiger partial charge in [-0.1, -0.05) is 18.2 Å². The number of aliphatic hydroxyl groups is 1. The first kappa shape index (κ1) is 13.6. The van der Waals surface area contributed by atoms with Gasteiger partial charge < -0.3 is 14.2 Å². The van der Waals surface area contributed by atoms with Crippen LogP contribution >= 0.6 is 0 Å². The smallest absolute Gasteiger partial charge is 0.140 e. The van der Waals surface area contributed by atoms with Gasteiger partial charge in [0.05, 0.1) is 25.1 Å². The Morgan fingerprint density at radius 3 is 2.62 bits per heavy atom. The van der Waals surface area contributed by atoms with Crippen LogP contribution < -0.4 is 4.74 Å². The maximum atomic E-state index is 9.68. The van der Waals surface area contributed by atoms with Gasteiger partial charge in [-0.15, -0.1) is 0 Å². The first-order valence-electron chi connectivity index (χ1n) is 6.92. The number of hydrogen-bond acceptors (Lipinski definition) is 3. The Morgan fingerprint density at radius 2 is 1.95 bits per heavy atom. The summed E-state index contributed by atoms with van der Waals surface area (Å²) in [6, 6.07) is 11.9. The highest BCUT2D eigenvalue weighted by Crippen LogP contribution is 2.20. The fourth-order valence-electron chi connectivity index (χ4n) is 2.55. The number of aliphatic hydroxyl groups excluding tert-OH is 1. The Balaban J connectivity index is 2.01. The molecule has 0 atom stereocenters. The predicted molar refractivity (Wildman–Crippen MR) is 81.7 cm³/mol. The van der Waals surface area contributed by atoms with E-state index in [1.807, 2.05) is 53.9 Å². The van der Waals surface area contributed by atoms with Gasteiger partial charge in [-0.2, -0.15) is 0 Å². The zero-order valence-corrected chi connectivity index (χ0v) is 12.2. The summed E-state index contributed by atoms with van der Waals surface area (Å²) in [4.78, 5) is 4.69. The number of aromatic nitrogens is 2. The SMILES string of the molecule is COc1ccc(Cc2nc3c(C)cccn3c2CO)cc1. The van der Waals surface area contributed by atoms with Crippen LogP contribution in [-0.2, 0) is 13.0 Å². The van der Waals surface area contributed by atoms with E-state index >= 15 is 0 Å². The zero-order valence-electron chi connectivity index (χ0n) is 12.2. The summed E-state index contributed by atoms with van der Waals surface area (Å²) >= 11 is 0. The summed E-state index contributed by atoms with van der Waals surface area (Å²) < 4.78 is 7.13. The molecule has 0 aliphatic rings. The lowest BCUT2D eigenvalue weighted by Crippen LogP contribution is -1.98. The Bertz CT molecular complexity index is 760. The quantitative estimate of drug-likeness (QED) is 0.800. The summed E-state index contributed by atoms with van der Waals surface area (Å²) in [5.41, 5.74) is 4.92. The molecule has 0 saturated carbocycles. The zero-order chi connectivity index (χ0) is 14.8. The van der Waals surface area contributed by atoms with Gasteiger partial charge in [0.25, 0.3) is 0 Å². The van der Waals surface area contributed by atoms with Gasteiger partial charge in [0.1, 0.15) is 11.4 Å². The van der Waals surface area contributed by atoms with Crippen molar-refractivity contribution in [1.82, 2.24) is 9.38 Å². The molecule has 108 valence electrons. The average molecular weight is 282 g/mol. The molecule has 0 saturated heterocycles. The number of imidazole rings is 1. The number of rotatable bonds is 4. The monoisotopic (exact) mass is 282 g/mol. The van der Waals surface area contributed by atoms with Crippen LogP contribution in [0.4, 0.5) is 0 Å². The molecule has 1 N–H and O–H groups in total. The highest BCUT2D eigenvalue weighted by Gasteiger charge is 2.13. The minimum absolute atomic E-state index is 0.0177. The van der Waals surface area contributed by atoms with Crippen molar-refractivity contribution in [3.05, 3.63) is 65.1 Å². The second-order valence-corrected chi connectivity index (χ2v) is 5.07. The van der Waals surface area contributed by atoms with Crippen molar-refractivity contribution in [2.75, 3.05) is 7.11 Å². The molecule has 0 aliphatic heterocycles. The standard InChI is InChI=1S/C17H18N2O2/c1-12-4-3-9-19-16(11-20)15(18-17(12)19)10-13-5-7-14(21-2)8-6-13/h3-9,20H,10-11H2,1-2H3. The Labute approximate surface area is 123 Å². The fourth-order valence-corrected chi connectivity index (χ4v) is 2.55. The van der Waals surface area contributed by atoms with Gasteiger partial charge in [-0.25, -0.2) is 4.98 Å². The number of hydrogen-bond donors (Lipinski definition) is 1. The Morgan fingerprint density at radius 1 is 1.19 bits per heavy atom. The van der Waals surface area contributed by atoms with E-state index in [0.717, 1.165) is 33.9 Å². The molecule has 2 aromatic heterocycles. The molecule has 0 spiro atoms. The van der Waals surface area contributed by atoms with Crippen LogP contribution in [0.15, 0.2) is 42.6 Å². The van der Waals surface area contributed by atoms with Crippen molar-refractivity contribution < 1.29 is 9.84 Å². The fraction of sp³-hybridized carbons (Fsp3) is 0.235. The van der Waals surface area contributed by atoms with E-state index in [1.54, 1.807) is 7.11 Å². The first-order valence-corrected chi connectivity index (χ1v) is 6.92. The van der Waals surface area contributed by atoms with Crippen molar-refractivity contribution >= 4 is 5.65 Å². The number of aryl methyl sites for hydroxylation is 1. The average Bonchev–Trinajstić information content (AvgIpc) is 2.87. The lowest BCUT2D eigenvalue weighted by molar-refractivity contribution is 0.274. The van der Waals surface area contributed by atoms with E-state index in [-0.39, 0.29) is 6.61 Å². The molecule has 21 heavy (non-hydrogen) atoms. The summed E-state index contributed by atoms with van der Waals surface area (Å²) in [5.74, 6) is 0.840. The minimum Gasteiger partial charge on any atom is -0.497 e. The first-order chi connectivity index (χ1) is 10.2.